The zero-order valence-electron chi connectivity index (χ0n) is 19.7. The van der Waals surface area contributed by atoms with E-state index in [4.69, 9.17) is 19.7 Å². The summed E-state index contributed by atoms with van der Waals surface area (Å²) >= 11 is 1.54. The van der Waals surface area contributed by atoms with Crippen molar-refractivity contribution in [3.8, 4) is 11.8 Å². The van der Waals surface area contributed by atoms with E-state index in [0.29, 0.717) is 33.5 Å². The SMILES string of the molecule is Br.CCOC(=O)C1=C(C)NC(SCc2ccc(C#N)cc2)=NC1c1c(OC)ccc2ccccc12. The third kappa shape index (κ3) is 5.69. The van der Waals surface area contributed by atoms with E-state index in [1.54, 1.807) is 37.9 Å². The van der Waals surface area contributed by atoms with Gasteiger partial charge >= 0.3 is 5.97 Å². The molecule has 1 unspecified atom stereocenters. The Bertz CT molecular complexity index is 1330. The second-order valence-electron chi connectivity index (χ2n) is 7.72. The first kappa shape index (κ1) is 26.3. The van der Waals surface area contributed by atoms with Crippen LogP contribution in [0, 0.1) is 11.3 Å². The van der Waals surface area contributed by atoms with Gasteiger partial charge in [-0.3, -0.25) is 0 Å². The van der Waals surface area contributed by atoms with E-state index in [2.05, 4.69) is 11.4 Å². The molecular formula is C27H26BrN3O3S. The molecule has 0 saturated carbocycles. The molecule has 0 spiro atoms. The van der Waals surface area contributed by atoms with Gasteiger partial charge in [0.1, 0.15) is 11.8 Å². The quantitative estimate of drug-likeness (QED) is 0.374. The first-order valence-electron chi connectivity index (χ1n) is 11.0. The summed E-state index contributed by atoms with van der Waals surface area (Å²) in [6, 6.07) is 21.0. The van der Waals surface area contributed by atoms with Gasteiger partial charge in [0, 0.05) is 17.0 Å². The highest BCUT2D eigenvalue weighted by atomic mass is 79.9. The molecule has 3 aromatic rings. The molecule has 0 amide bonds. The average Bonchev–Trinajstić information content (AvgIpc) is 2.86. The van der Waals surface area contributed by atoms with Crippen LogP contribution in [0.5, 0.6) is 5.75 Å². The van der Waals surface area contributed by atoms with Gasteiger partial charge in [0.25, 0.3) is 0 Å². The lowest BCUT2D eigenvalue weighted by Crippen LogP contribution is -2.30. The molecule has 1 aliphatic rings. The molecule has 180 valence electrons. The third-order valence-electron chi connectivity index (χ3n) is 5.60. The number of nitriles is 1. The Balaban J connectivity index is 0.00000342. The normalized spacial score (nSPS) is 14.9. The molecule has 1 aliphatic heterocycles. The molecule has 0 aromatic heterocycles. The van der Waals surface area contributed by atoms with Crippen molar-refractivity contribution in [3.63, 3.8) is 0 Å². The largest absolute Gasteiger partial charge is 0.496 e. The number of thioether (sulfide) groups is 1. The number of hydrogen-bond donors (Lipinski definition) is 1. The number of carbonyl (C=O) groups excluding carboxylic acids is 1. The lowest BCUT2D eigenvalue weighted by molar-refractivity contribution is -0.138. The van der Waals surface area contributed by atoms with E-state index in [1.807, 2.05) is 55.5 Å². The minimum absolute atomic E-state index is 0. The van der Waals surface area contributed by atoms with Gasteiger partial charge in [0.15, 0.2) is 5.17 Å². The Hall–Kier alpha value is -3.28. The monoisotopic (exact) mass is 551 g/mol. The topological polar surface area (TPSA) is 83.7 Å². The van der Waals surface area contributed by atoms with Crippen molar-refractivity contribution in [2.75, 3.05) is 13.7 Å². The van der Waals surface area contributed by atoms with E-state index in [0.717, 1.165) is 21.9 Å². The van der Waals surface area contributed by atoms with Crippen molar-refractivity contribution < 1.29 is 14.3 Å². The Morgan fingerprint density at radius 2 is 1.89 bits per heavy atom. The summed E-state index contributed by atoms with van der Waals surface area (Å²) < 4.78 is 11.1. The van der Waals surface area contributed by atoms with Crippen molar-refractivity contribution in [3.05, 3.63) is 88.6 Å². The number of hydrogen-bond acceptors (Lipinski definition) is 7. The number of allylic oxidation sites excluding steroid dienone is 1. The van der Waals surface area contributed by atoms with Crippen LogP contribution < -0.4 is 10.1 Å². The summed E-state index contributed by atoms with van der Waals surface area (Å²) in [5.41, 5.74) is 3.71. The lowest BCUT2D eigenvalue weighted by Gasteiger charge is -2.27. The maximum atomic E-state index is 13.0. The van der Waals surface area contributed by atoms with Gasteiger partial charge in [-0.1, -0.05) is 54.2 Å². The minimum atomic E-state index is -0.579. The van der Waals surface area contributed by atoms with Crippen molar-refractivity contribution in [2.24, 2.45) is 4.99 Å². The lowest BCUT2D eigenvalue weighted by atomic mass is 9.91. The van der Waals surface area contributed by atoms with Crippen molar-refractivity contribution in [1.29, 1.82) is 5.26 Å². The second-order valence-corrected chi connectivity index (χ2v) is 8.69. The highest BCUT2D eigenvalue weighted by Gasteiger charge is 2.33. The van der Waals surface area contributed by atoms with Crippen molar-refractivity contribution in [1.82, 2.24) is 5.32 Å². The molecule has 1 N–H and O–H groups in total. The van der Waals surface area contributed by atoms with Crippen LogP contribution in [0.1, 0.15) is 36.6 Å². The molecule has 6 nitrogen and oxygen atoms in total. The minimum Gasteiger partial charge on any atom is -0.496 e. The molecule has 0 fully saturated rings. The van der Waals surface area contributed by atoms with Gasteiger partial charge in [0.2, 0.25) is 0 Å². The molecule has 1 heterocycles. The Labute approximate surface area is 219 Å². The molecule has 1 atom stereocenters. The summed E-state index contributed by atoms with van der Waals surface area (Å²) in [6.07, 6.45) is 0. The summed E-state index contributed by atoms with van der Waals surface area (Å²) in [5.74, 6) is 0.937. The highest BCUT2D eigenvalue weighted by Crippen LogP contribution is 2.41. The number of nitrogens with one attached hydrogen (secondary N) is 1. The van der Waals surface area contributed by atoms with Crippen LogP contribution in [0.15, 0.2) is 76.9 Å². The van der Waals surface area contributed by atoms with Gasteiger partial charge in [-0.05, 0) is 48.4 Å². The van der Waals surface area contributed by atoms with Crippen molar-refractivity contribution in [2.45, 2.75) is 25.6 Å². The summed E-state index contributed by atoms with van der Waals surface area (Å²) in [6.45, 7) is 3.94. The maximum absolute atomic E-state index is 13.0. The van der Waals surface area contributed by atoms with E-state index >= 15 is 0 Å². The van der Waals surface area contributed by atoms with Crippen LogP contribution >= 0.6 is 28.7 Å². The number of nitrogens with zero attached hydrogens (tertiary/aromatic N) is 2. The van der Waals surface area contributed by atoms with Crippen LogP contribution in [0.3, 0.4) is 0 Å². The molecule has 0 bridgehead atoms. The van der Waals surface area contributed by atoms with E-state index in [1.165, 1.54) is 0 Å². The zero-order chi connectivity index (χ0) is 24.1. The zero-order valence-corrected chi connectivity index (χ0v) is 22.2. The third-order valence-corrected chi connectivity index (χ3v) is 6.55. The van der Waals surface area contributed by atoms with E-state index in [-0.39, 0.29) is 23.6 Å². The van der Waals surface area contributed by atoms with Crippen LogP contribution in [0.25, 0.3) is 10.8 Å². The number of benzene rings is 3. The van der Waals surface area contributed by atoms with Gasteiger partial charge in [0.05, 0.1) is 30.9 Å². The fourth-order valence-electron chi connectivity index (χ4n) is 3.97. The maximum Gasteiger partial charge on any atom is 0.338 e. The highest BCUT2D eigenvalue weighted by molar-refractivity contribution is 8.93. The second kappa shape index (κ2) is 11.9. The van der Waals surface area contributed by atoms with E-state index in [9.17, 15) is 4.79 Å². The van der Waals surface area contributed by atoms with E-state index < -0.39 is 12.0 Å². The van der Waals surface area contributed by atoms with Crippen LogP contribution in [-0.4, -0.2) is 24.9 Å². The first-order chi connectivity index (χ1) is 16.5. The number of ether oxygens (including phenoxy) is 2. The molecule has 3 aromatic carbocycles. The van der Waals surface area contributed by atoms with Gasteiger partial charge < -0.3 is 14.8 Å². The molecule has 4 rings (SSSR count). The van der Waals surface area contributed by atoms with Crippen LogP contribution in [0.2, 0.25) is 0 Å². The number of methoxy groups -OCH3 is 1. The Morgan fingerprint density at radius 3 is 2.57 bits per heavy atom. The molecular weight excluding hydrogens is 526 g/mol. The number of halogens is 1. The van der Waals surface area contributed by atoms with Crippen LogP contribution in [0.4, 0.5) is 0 Å². The molecule has 8 heteroatoms. The molecule has 0 radical (unpaired) electrons. The van der Waals surface area contributed by atoms with Gasteiger partial charge in [-0.2, -0.15) is 5.26 Å². The summed E-state index contributed by atoms with van der Waals surface area (Å²) in [5, 5.41) is 15.0. The number of amidine groups is 1. The number of aliphatic imine (C=N–C) groups is 1. The fraction of sp³-hybridized carbons (Fsp3) is 0.222. The predicted molar refractivity (Wildman–Crippen MR) is 146 cm³/mol. The smallest absolute Gasteiger partial charge is 0.338 e. The predicted octanol–water partition coefficient (Wildman–Crippen LogP) is 6.07. The number of esters is 1. The number of fused-ring (bicyclic) bond motifs is 1. The average molecular weight is 552 g/mol. The first-order valence-corrected chi connectivity index (χ1v) is 11.9. The standard InChI is InChI=1S/C27H25N3O3S.BrH/c1-4-33-26(31)23-17(2)29-27(34-16-19-11-9-18(15-28)10-12-19)30-25(23)24-21-8-6-5-7-20(21)13-14-22(24)32-3;/h5-14,25H,4,16H2,1-3H3,(H,29,30);1H. The van der Waals surface area contributed by atoms with Gasteiger partial charge in [-0.15, -0.1) is 17.0 Å². The summed E-state index contributed by atoms with van der Waals surface area (Å²) in [4.78, 5) is 18.0. The number of carbonyl (C=O) groups is 1. The molecule has 35 heavy (non-hydrogen) atoms. The Kier molecular flexibility index (Phi) is 8.96. The van der Waals surface area contributed by atoms with Gasteiger partial charge in [-0.25, -0.2) is 9.79 Å². The molecule has 0 saturated heterocycles. The Morgan fingerprint density at radius 1 is 1.14 bits per heavy atom. The van der Waals surface area contributed by atoms with Crippen molar-refractivity contribution >= 4 is 50.7 Å². The molecule has 0 aliphatic carbocycles. The fourth-order valence-corrected chi connectivity index (χ4v) is 4.87. The number of rotatable bonds is 6. The summed E-state index contributed by atoms with van der Waals surface area (Å²) in [7, 11) is 1.62. The van der Waals surface area contributed by atoms with Crippen LogP contribution in [-0.2, 0) is 15.3 Å².